The van der Waals surface area contributed by atoms with Gasteiger partial charge in [-0.3, -0.25) is 5.32 Å². The molecule has 3 rings (SSSR count). The molecule has 138 valence electrons. The first-order valence-corrected chi connectivity index (χ1v) is 8.16. The molecule has 2 heterocycles. The van der Waals surface area contributed by atoms with Gasteiger partial charge in [-0.1, -0.05) is 11.6 Å². The molecule has 0 amide bonds. The van der Waals surface area contributed by atoms with Gasteiger partial charge in [-0.25, -0.2) is 9.98 Å². The van der Waals surface area contributed by atoms with Crippen molar-refractivity contribution in [2.24, 2.45) is 4.99 Å². The second kappa shape index (κ2) is 7.58. The molecule has 0 spiro atoms. The summed E-state index contributed by atoms with van der Waals surface area (Å²) in [5.41, 5.74) is 13.0. The second-order valence-electron chi connectivity index (χ2n) is 5.53. The highest BCUT2D eigenvalue weighted by atomic mass is 35.5. The minimum atomic E-state index is -0.820. The topological polar surface area (TPSA) is 182 Å². The number of hydrogen-bond donors (Lipinski definition) is 4. The van der Waals surface area contributed by atoms with Crippen LogP contribution >= 0.6 is 11.6 Å². The Morgan fingerprint density at radius 3 is 2.75 bits per heavy atom. The van der Waals surface area contributed by atoms with Gasteiger partial charge in [-0.2, -0.15) is 15.8 Å². The zero-order valence-corrected chi connectivity index (χ0v) is 14.9. The molecule has 1 aromatic carbocycles. The van der Waals surface area contributed by atoms with Crippen LogP contribution in [0, 0.1) is 34.1 Å². The predicted octanol–water partition coefficient (Wildman–Crippen LogP) is 1.62. The largest absolute Gasteiger partial charge is 0.478 e. The van der Waals surface area contributed by atoms with Crippen molar-refractivity contribution in [3.05, 3.63) is 39.9 Å². The zero-order chi connectivity index (χ0) is 20.3. The average molecular weight is 394 g/mol. The number of guanidine groups is 1. The molecule has 2 aromatic rings. The van der Waals surface area contributed by atoms with Gasteiger partial charge in [-0.05, 0) is 18.2 Å². The van der Waals surface area contributed by atoms with Crippen molar-refractivity contribution in [3.8, 4) is 24.1 Å². The molecule has 0 saturated heterocycles. The fourth-order valence-electron chi connectivity index (χ4n) is 2.78. The minimum absolute atomic E-state index is 0.0129. The first-order chi connectivity index (χ1) is 13.5. The van der Waals surface area contributed by atoms with Crippen molar-refractivity contribution in [2.45, 2.75) is 6.04 Å². The molecule has 0 radical (unpaired) electrons. The highest BCUT2D eigenvalue weighted by molar-refractivity contribution is 6.30. The lowest BCUT2D eigenvalue weighted by Gasteiger charge is -2.27. The van der Waals surface area contributed by atoms with Crippen LogP contribution in [0.15, 0.2) is 23.2 Å². The third-order valence-electron chi connectivity index (χ3n) is 3.92. The predicted molar refractivity (Wildman–Crippen MR) is 102 cm³/mol. The van der Waals surface area contributed by atoms with Gasteiger partial charge in [0.05, 0.1) is 5.69 Å². The van der Waals surface area contributed by atoms with Gasteiger partial charge < -0.3 is 21.5 Å². The average Bonchev–Trinajstić information content (AvgIpc) is 2.66. The van der Waals surface area contributed by atoms with E-state index in [1.165, 1.54) is 0 Å². The summed E-state index contributed by atoms with van der Waals surface area (Å²) in [6.07, 6.45) is 1.77. The van der Waals surface area contributed by atoms with Crippen LogP contribution in [0.3, 0.4) is 0 Å². The van der Waals surface area contributed by atoms with Crippen molar-refractivity contribution in [2.75, 3.05) is 23.4 Å². The normalized spacial score (nSPS) is 14.4. The first-order valence-electron chi connectivity index (χ1n) is 7.78. The number of nitrogens with one attached hydrogen (secondary N) is 2. The summed E-state index contributed by atoms with van der Waals surface area (Å²) in [6.45, 7) is -0.196. The lowest BCUT2D eigenvalue weighted by Crippen LogP contribution is -2.33. The molecule has 1 atom stereocenters. The van der Waals surface area contributed by atoms with Crippen LogP contribution in [0.4, 0.5) is 17.3 Å². The molecule has 0 fully saturated rings. The van der Waals surface area contributed by atoms with E-state index in [4.69, 9.17) is 38.3 Å². The van der Waals surface area contributed by atoms with E-state index in [1.54, 1.807) is 24.4 Å². The molecule has 11 heteroatoms. The summed E-state index contributed by atoms with van der Waals surface area (Å²) >= 11 is 6.15. The maximum Gasteiger partial charge on any atom is 0.211 e. The number of nitriles is 3. The van der Waals surface area contributed by atoms with Crippen molar-refractivity contribution in [3.63, 3.8) is 0 Å². The maximum atomic E-state index is 9.37. The highest BCUT2D eigenvalue weighted by Crippen LogP contribution is 2.43. The van der Waals surface area contributed by atoms with E-state index in [0.29, 0.717) is 21.9 Å². The van der Waals surface area contributed by atoms with Crippen molar-refractivity contribution >= 4 is 34.9 Å². The van der Waals surface area contributed by atoms with E-state index in [9.17, 15) is 5.26 Å². The summed E-state index contributed by atoms with van der Waals surface area (Å²) in [7, 11) is 0. The van der Waals surface area contributed by atoms with Crippen LogP contribution < -0.4 is 26.8 Å². The van der Waals surface area contributed by atoms with Gasteiger partial charge in [0.1, 0.15) is 41.1 Å². The number of hydrogen-bond acceptors (Lipinski definition) is 10. The maximum absolute atomic E-state index is 9.37. The molecule has 1 aromatic heterocycles. The van der Waals surface area contributed by atoms with Crippen LogP contribution in [0.2, 0.25) is 5.02 Å². The van der Waals surface area contributed by atoms with E-state index < -0.39 is 6.04 Å². The van der Waals surface area contributed by atoms with E-state index in [1.807, 2.05) is 12.1 Å². The number of ether oxygens (including phenoxy) is 1. The number of rotatable bonds is 3. The van der Waals surface area contributed by atoms with E-state index in [0.717, 1.165) is 0 Å². The first kappa shape index (κ1) is 18.6. The van der Waals surface area contributed by atoms with Gasteiger partial charge in [0, 0.05) is 16.1 Å². The number of fused-ring (bicyclic) bond motifs is 1. The smallest absolute Gasteiger partial charge is 0.211 e. The Labute approximate surface area is 164 Å². The second-order valence-corrected chi connectivity index (χ2v) is 5.97. The van der Waals surface area contributed by atoms with Crippen molar-refractivity contribution in [1.82, 2.24) is 10.3 Å². The van der Waals surface area contributed by atoms with Gasteiger partial charge in [-0.15, -0.1) is 0 Å². The van der Waals surface area contributed by atoms with Gasteiger partial charge in [0.2, 0.25) is 5.96 Å². The Morgan fingerprint density at radius 2 is 2.07 bits per heavy atom. The highest BCUT2D eigenvalue weighted by Gasteiger charge is 2.31. The number of nitrogens with zero attached hydrogens (tertiary/aromatic N) is 5. The Hall–Kier alpha value is -4.20. The zero-order valence-electron chi connectivity index (χ0n) is 14.2. The number of pyridine rings is 1. The third-order valence-corrected chi connectivity index (χ3v) is 4.15. The summed E-state index contributed by atoms with van der Waals surface area (Å²) < 4.78 is 5.48. The van der Waals surface area contributed by atoms with Gasteiger partial charge in [0.15, 0.2) is 12.8 Å². The van der Waals surface area contributed by atoms with Crippen LogP contribution in [0.1, 0.15) is 22.7 Å². The van der Waals surface area contributed by atoms with E-state index in [-0.39, 0.29) is 35.5 Å². The van der Waals surface area contributed by atoms with Gasteiger partial charge in [0.25, 0.3) is 0 Å². The number of aromatic nitrogens is 1. The number of aliphatic imine (C=N–C) groups is 1. The number of anilines is 3. The fourth-order valence-corrected chi connectivity index (χ4v) is 2.96. The summed E-state index contributed by atoms with van der Waals surface area (Å²) in [4.78, 5) is 8.61. The standard InChI is InChI=1S/C17H12ClN9O/c18-8-1-2-11(28-4-3-19)9(5-8)14-12-13(22)10(6-20)15(23)26-16(12)27-17(25-14)24-7-21/h1-2,5,14H,4H2,(H6,22,23,24,25,26,27). The molecule has 0 aliphatic carbocycles. The van der Waals surface area contributed by atoms with E-state index in [2.05, 4.69) is 20.6 Å². The molecule has 0 saturated carbocycles. The van der Waals surface area contributed by atoms with Crippen molar-refractivity contribution in [1.29, 1.82) is 15.8 Å². The molecule has 28 heavy (non-hydrogen) atoms. The number of nitrogen functional groups attached to an aromatic ring is 2. The summed E-state index contributed by atoms with van der Waals surface area (Å²) in [6, 6.07) is 7.79. The minimum Gasteiger partial charge on any atom is -0.478 e. The Morgan fingerprint density at radius 1 is 1.29 bits per heavy atom. The lowest BCUT2D eigenvalue weighted by atomic mass is 9.94. The SMILES string of the molecule is N#CCOc1ccc(Cl)cc1C1N=C(NC#N)Nc2nc(N)c(C#N)c(N)c21. The lowest BCUT2D eigenvalue weighted by molar-refractivity contribution is 0.362. The summed E-state index contributed by atoms with van der Waals surface area (Å²) in [5, 5.41) is 32.8. The Balaban J connectivity index is 2.27. The van der Waals surface area contributed by atoms with E-state index >= 15 is 0 Å². The molecule has 0 bridgehead atoms. The molecule has 1 aliphatic heterocycles. The number of nitrogens with two attached hydrogens (primary N) is 2. The van der Waals surface area contributed by atoms with Crippen molar-refractivity contribution < 1.29 is 4.74 Å². The molecular weight excluding hydrogens is 382 g/mol. The Bertz CT molecular complexity index is 1110. The molecule has 10 nitrogen and oxygen atoms in total. The number of benzene rings is 1. The fraction of sp³-hybridized carbons (Fsp3) is 0.118. The van der Waals surface area contributed by atoms with Crippen LogP contribution in [-0.4, -0.2) is 17.6 Å². The Kier molecular flexibility index (Phi) is 5.03. The van der Waals surface area contributed by atoms with Gasteiger partial charge >= 0.3 is 0 Å². The quantitative estimate of drug-likeness (QED) is 0.444. The van der Waals surface area contributed by atoms with Crippen LogP contribution in [-0.2, 0) is 0 Å². The number of halogens is 1. The van der Waals surface area contributed by atoms with Crippen LogP contribution in [0.5, 0.6) is 5.75 Å². The molecule has 1 aliphatic rings. The van der Waals surface area contributed by atoms with Crippen LogP contribution in [0.25, 0.3) is 0 Å². The molecular formula is C17H12ClN9O. The third kappa shape index (κ3) is 3.26. The monoisotopic (exact) mass is 393 g/mol. The molecule has 1 unspecified atom stereocenters. The molecule has 6 N–H and O–H groups in total. The summed E-state index contributed by atoms with van der Waals surface area (Å²) in [5.74, 6) is 0.619.